The summed E-state index contributed by atoms with van der Waals surface area (Å²) in [5, 5.41) is 11.2. The molecule has 0 bridgehead atoms. The van der Waals surface area contributed by atoms with E-state index in [9.17, 15) is 19.1 Å². The third kappa shape index (κ3) is 3.85. The van der Waals surface area contributed by atoms with Crippen molar-refractivity contribution in [1.82, 2.24) is 9.88 Å². The molecule has 0 aliphatic carbocycles. The van der Waals surface area contributed by atoms with Gasteiger partial charge in [-0.1, -0.05) is 18.2 Å². The highest BCUT2D eigenvalue weighted by molar-refractivity contribution is 6.46. The molecule has 3 aromatic rings. The summed E-state index contributed by atoms with van der Waals surface area (Å²) < 4.78 is 18.8. The van der Waals surface area contributed by atoms with E-state index in [1.54, 1.807) is 49.6 Å². The number of Topliss-reactive ketones (excluding diaryl/α,β-unsaturated/α-hetero) is 1. The van der Waals surface area contributed by atoms with Crippen molar-refractivity contribution in [1.29, 1.82) is 0 Å². The van der Waals surface area contributed by atoms with Crippen molar-refractivity contribution in [2.45, 2.75) is 19.5 Å². The molecular formula is C25H21FN2O4. The Balaban J connectivity index is 1.87. The molecule has 2 aromatic carbocycles. The quantitative estimate of drug-likeness (QED) is 0.372. The summed E-state index contributed by atoms with van der Waals surface area (Å²) >= 11 is 0. The lowest BCUT2D eigenvalue weighted by molar-refractivity contribution is -0.140. The van der Waals surface area contributed by atoms with Crippen LogP contribution in [0.2, 0.25) is 0 Å². The number of halogens is 1. The monoisotopic (exact) mass is 432 g/mol. The van der Waals surface area contributed by atoms with Crippen molar-refractivity contribution in [3.05, 3.63) is 101 Å². The Morgan fingerprint density at radius 2 is 1.91 bits per heavy atom. The summed E-state index contributed by atoms with van der Waals surface area (Å²) in [7, 11) is 1.53. The van der Waals surface area contributed by atoms with Gasteiger partial charge in [0.1, 0.15) is 17.3 Å². The minimum atomic E-state index is -0.877. The van der Waals surface area contributed by atoms with Gasteiger partial charge in [-0.25, -0.2) is 4.39 Å². The molecule has 1 fully saturated rings. The van der Waals surface area contributed by atoms with E-state index in [2.05, 4.69) is 4.98 Å². The van der Waals surface area contributed by atoms with E-state index in [1.807, 2.05) is 0 Å². The smallest absolute Gasteiger partial charge is 0.295 e. The van der Waals surface area contributed by atoms with Gasteiger partial charge in [0.25, 0.3) is 11.7 Å². The lowest BCUT2D eigenvalue weighted by Gasteiger charge is -2.25. The van der Waals surface area contributed by atoms with E-state index >= 15 is 0 Å². The molecule has 32 heavy (non-hydrogen) atoms. The molecule has 1 aliphatic heterocycles. The third-order valence-corrected chi connectivity index (χ3v) is 5.49. The number of aliphatic hydroxyl groups excluding tert-OH is 1. The van der Waals surface area contributed by atoms with Crippen LogP contribution in [0, 0.1) is 12.7 Å². The van der Waals surface area contributed by atoms with Crippen molar-refractivity contribution >= 4 is 17.4 Å². The van der Waals surface area contributed by atoms with Gasteiger partial charge in [0.05, 0.1) is 18.7 Å². The van der Waals surface area contributed by atoms with Crippen molar-refractivity contribution in [2.75, 3.05) is 7.11 Å². The number of rotatable bonds is 5. The van der Waals surface area contributed by atoms with Crippen LogP contribution in [0.3, 0.4) is 0 Å². The minimum Gasteiger partial charge on any atom is -0.507 e. The zero-order chi connectivity index (χ0) is 22.8. The van der Waals surface area contributed by atoms with Gasteiger partial charge in [0, 0.05) is 24.5 Å². The van der Waals surface area contributed by atoms with E-state index in [4.69, 9.17) is 4.74 Å². The number of carbonyl (C=O) groups is 2. The Kier molecular flexibility index (Phi) is 5.73. The van der Waals surface area contributed by atoms with Gasteiger partial charge in [-0.3, -0.25) is 14.6 Å². The summed E-state index contributed by atoms with van der Waals surface area (Å²) in [6, 6.07) is 13.2. The van der Waals surface area contributed by atoms with Gasteiger partial charge in [-0.2, -0.15) is 0 Å². The highest BCUT2D eigenvalue weighted by Crippen LogP contribution is 2.41. The number of pyridine rings is 1. The zero-order valence-electron chi connectivity index (χ0n) is 17.6. The van der Waals surface area contributed by atoms with Crippen LogP contribution in [0.1, 0.15) is 28.3 Å². The summed E-state index contributed by atoms with van der Waals surface area (Å²) in [6.07, 6.45) is 3.22. The van der Waals surface area contributed by atoms with Crippen molar-refractivity contribution in [3.63, 3.8) is 0 Å². The molecule has 1 aromatic heterocycles. The molecule has 0 radical (unpaired) electrons. The molecule has 1 saturated heterocycles. The zero-order valence-corrected chi connectivity index (χ0v) is 17.6. The normalized spacial score (nSPS) is 17.6. The van der Waals surface area contributed by atoms with Gasteiger partial charge in [-0.15, -0.1) is 0 Å². The van der Waals surface area contributed by atoms with Crippen LogP contribution < -0.4 is 4.74 Å². The number of ether oxygens (including phenoxy) is 1. The Morgan fingerprint density at radius 3 is 2.53 bits per heavy atom. The van der Waals surface area contributed by atoms with E-state index in [-0.39, 0.29) is 17.9 Å². The maximum atomic E-state index is 13.6. The number of hydrogen-bond acceptors (Lipinski definition) is 5. The van der Waals surface area contributed by atoms with Crippen LogP contribution in [0.5, 0.6) is 5.75 Å². The van der Waals surface area contributed by atoms with Gasteiger partial charge in [-0.05, 0) is 60.0 Å². The fourth-order valence-electron chi connectivity index (χ4n) is 3.90. The number of nitrogens with zero attached hydrogens (tertiary/aromatic N) is 2. The summed E-state index contributed by atoms with van der Waals surface area (Å²) in [5.41, 5.74) is 2.29. The fraction of sp³-hybridized carbons (Fsp3) is 0.160. The summed E-state index contributed by atoms with van der Waals surface area (Å²) in [4.78, 5) is 31.5. The van der Waals surface area contributed by atoms with Gasteiger partial charge in [0.2, 0.25) is 0 Å². The SMILES string of the molecule is COc1ccc(C(O)=C2C(=O)C(=O)N(Cc3cccnc3)[C@@H]2c2ccc(F)cc2)c(C)c1. The standard InChI is InChI=1S/C25H21FN2O4/c1-15-12-19(32-2)9-10-20(15)23(29)21-22(17-5-7-18(26)8-6-17)28(25(31)24(21)30)14-16-4-3-11-27-13-16/h3-13,22,29H,14H2,1-2H3/t22-/m1/s1. The number of aliphatic hydroxyl groups is 1. The molecular weight excluding hydrogens is 411 g/mol. The van der Waals surface area contributed by atoms with Crippen molar-refractivity contribution < 1.29 is 23.8 Å². The molecule has 162 valence electrons. The van der Waals surface area contributed by atoms with E-state index < -0.39 is 23.5 Å². The lowest BCUT2D eigenvalue weighted by atomic mass is 9.93. The number of aryl methyl sites for hydroxylation is 1. The number of aromatic nitrogens is 1. The Morgan fingerprint density at radius 1 is 1.16 bits per heavy atom. The molecule has 1 aliphatic rings. The van der Waals surface area contributed by atoms with Crippen molar-refractivity contribution in [2.24, 2.45) is 0 Å². The van der Waals surface area contributed by atoms with E-state index in [1.165, 1.54) is 36.3 Å². The second-order valence-electron chi connectivity index (χ2n) is 7.52. The number of methoxy groups -OCH3 is 1. The second-order valence-corrected chi connectivity index (χ2v) is 7.52. The second kappa shape index (κ2) is 8.63. The molecule has 0 unspecified atom stereocenters. The molecule has 1 N–H and O–H groups in total. The summed E-state index contributed by atoms with van der Waals surface area (Å²) in [6.45, 7) is 1.88. The first-order chi connectivity index (χ1) is 15.4. The van der Waals surface area contributed by atoms with Gasteiger partial charge in [0.15, 0.2) is 0 Å². The topological polar surface area (TPSA) is 79.7 Å². The maximum absolute atomic E-state index is 13.6. The number of carbonyl (C=O) groups excluding carboxylic acids is 2. The van der Waals surface area contributed by atoms with Crippen LogP contribution in [0.25, 0.3) is 5.76 Å². The average Bonchev–Trinajstić information content (AvgIpc) is 3.04. The Labute approximate surface area is 184 Å². The van der Waals surface area contributed by atoms with Crippen LogP contribution in [-0.4, -0.2) is 33.8 Å². The molecule has 1 amide bonds. The fourth-order valence-corrected chi connectivity index (χ4v) is 3.90. The Bertz CT molecular complexity index is 1210. The number of hydrogen-bond donors (Lipinski definition) is 1. The third-order valence-electron chi connectivity index (χ3n) is 5.49. The van der Waals surface area contributed by atoms with Crippen LogP contribution >= 0.6 is 0 Å². The maximum Gasteiger partial charge on any atom is 0.295 e. The lowest BCUT2D eigenvalue weighted by Crippen LogP contribution is -2.29. The van der Waals surface area contributed by atoms with Gasteiger partial charge < -0.3 is 14.7 Å². The average molecular weight is 432 g/mol. The summed E-state index contributed by atoms with van der Waals surface area (Å²) in [5.74, 6) is -1.66. The predicted molar refractivity (Wildman–Crippen MR) is 116 cm³/mol. The van der Waals surface area contributed by atoms with Crippen molar-refractivity contribution in [3.8, 4) is 5.75 Å². The Hall–Kier alpha value is -4.00. The number of benzene rings is 2. The first-order valence-corrected chi connectivity index (χ1v) is 9.98. The minimum absolute atomic E-state index is 0.0428. The predicted octanol–water partition coefficient (Wildman–Crippen LogP) is 4.16. The molecule has 0 saturated carbocycles. The highest BCUT2D eigenvalue weighted by Gasteiger charge is 2.46. The molecule has 7 heteroatoms. The van der Waals surface area contributed by atoms with E-state index in [0.29, 0.717) is 22.4 Å². The van der Waals surface area contributed by atoms with Crippen LogP contribution in [-0.2, 0) is 16.1 Å². The van der Waals surface area contributed by atoms with Crippen LogP contribution in [0.15, 0.2) is 72.6 Å². The molecule has 6 nitrogen and oxygen atoms in total. The largest absolute Gasteiger partial charge is 0.507 e. The van der Waals surface area contributed by atoms with E-state index in [0.717, 1.165) is 5.56 Å². The number of likely N-dealkylation sites (tertiary alicyclic amines) is 1. The molecule has 2 heterocycles. The van der Waals surface area contributed by atoms with Gasteiger partial charge >= 0.3 is 0 Å². The first-order valence-electron chi connectivity index (χ1n) is 9.98. The number of amides is 1. The molecule has 1 atom stereocenters. The first kappa shape index (κ1) is 21.2. The van der Waals surface area contributed by atoms with Crippen LogP contribution in [0.4, 0.5) is 4.39 Å². The molecule has 4 rings (SSSR count). The molecule has 0 spiro atoms. The highest BCUT2D eigenvalue weighted by atomic mass is 19.1. The number of ketones is 1.